The second kappa shape index (κ2) is 6.37. The zero-order chi connectivity index (χ0) is 16.4. The lowest BCUT2D eigenvalue weighted by Crippen LogP contribution is -2.48. The molecule has 2 aromatic rings. The lowest BCUT2D eigenvalue weighted by Gasteiger charge is -2.32. The van der Waals surface area contributed by atoms with Gasteiger partial charge in [0.05, 0.1) is 12.2 Å². The van der Waals surface area contributed by atoms with Crippen molar-refractivity contribution >= 4 is 28.8 Å². The summed E-state index contributed by atoms with van der Waals surface area (Å²) in [5.41, 5.74) is 1.56. The lowest BCUT2D eigenvalue weighted by atomic mass is 10.2. The molecule has 120 valence electrons. The second-order valence-electron chi connectivity index (χ2n) is 5.31. The largest absolute Gasteiger partial charge is 0.479 e. The number of fused-ring (bicyclic) bond motifs is 1. The van der Waals surface area contributed by atoms with Gasteiger partial charge in [0.15, 0.2) is 6.10 Å². The van der Waals surface area contributed by atoms with Crippen LogP contribution in [-0.4, -0.2) is 29.4 Å². The molecule has 1 aromatic carbocycles. The summed E-state index contributed by atoms with van der Waals surface area (Å²) >= 11 is 1.50. The van der Waals surface area contributed by atoms with Gasteiger partial charge in [-0.25, -0.2) is 4.98 Å². The Bertz CT molecular complexity index is 744. The highest BCUT2D eigenvalue weighted by Gasteiger charge is 2.32. The topological polar surface area (TPSA) is 71.5 Å². The maximum absolute atomic E-state index is 12.3. The van der Waals surface area contributed by atoms with E-state index in [1.54, 1.807) is 19.1 Å². The predicted molar refractivity (Wildman–Crippen MR) is 87.6 cm³/mol. The minimum absolute atomic E-state index is 0.0338. The van der Waals surface area contributed by atoms with Crippen molar-refractivity contribution in [1.29, 1.82) is 0 Å². The number of hydrogen-bond donors (Lipinski definition) is 1. The molecule has 0 saturated carbocycles. The first-order chi connectivity index (χ1) is 11.0. The fourth-order valence-electron chi connectivity index (χ4n) is 2.38. The molecular weight excluding hydrogens is 314 g/mol. The maximum Gasteiger partial charge on any atom is 0.268 e. The molecule has 1 N–H and O–H groups in total. The Hall–Kier alpha value is -2.41. The van der Waals surface area contributed by atoms with Crippen LogP contribution in [0.4, 0.5) is 5.69 Å². The Labute approximate surface area is 138 Å². The number of hydrogen-bond acceptors (Lipinski definition) is 5. The summed E-state index contributed by atoms with van der Waals surface area (Å²) in [6, 6.07) is 7.22. The van der Waals surface area contributed by atoms with Crippen LogP contribution in [0.15, 0.2) is 29.6 Å². The minimum Gasteiger partial charge on any atom is -0.479 e. The van der Waals surface area contributed by atoms with Gasteiger partial charge < -0.3 is 10.1 Å². The summed E-state index contributed by atoms with van der Waals surface area (Å²) in [6.07, 6.45) is -0.598. The highest BCUT2D eigenvalue weighted by molar-refractivity contribution is 7.09. The third-order valence-corrected chi connectivity index (χ3v) is 4.45. The zero-order valence-electron chi connectivity index (χ0n) is 12.9. The van der Waals surface area contributed by atoms with Crippen LogP contribution in [0.1, 0.15) is 17.6 Å². The van der Waals surface area contributed by atoms with Gasteiger partial charge in [-0.3, -0.25) is 14.5 Å². The average molecular weight is 331 g/mol. The minimum atomic E-state index is -0.598. The molecule has 7 heteroatoms. The lowest BCUT2D eigenvalue weighted by molar-refractivity contribution is -0.128. The molecule has 23 heavy (non-hydrogen) atoms. The smallest absolute Gasteiger partial charge is 0.268 e. The zero-order valence-corrected chi connectivity index (χ0v) is 13.7. The first kappa shape index (κ1) is 15.5. The molecule has 0 bridgehead atoms. The molecule has 0 aliphatic carbocycles. The summed E-state index contributed by atoms with van der Waals surface area (Å²) in [5, 5.41) is 5.58. The number of thiazole rings is 1. The van der Waals surface area contributed by atoms with Crippen molar-refractivity contribution in [3.63, 3.8) is 0 Å². The quantitative estimate of drug-likeness (QED) is 0.928. The van der Waals surface area contributed by atoms with Crippen molar-refractivity contribution < 1.29 is 14.3 Å². The van der Waals surface area contributed by atoms with Crippen LogP contribution < -0.4 is 15.0 Å². The monoisotopic (exact) mass is 331 g/mol. The average Bonchev–Trinajstić information content (AvgIpc) is 2.95. The molecule has 2 heterocycles. The Morgan fingerprint density at radius 3 is 2.96 bits per heavy atom. The van der Waals surface area contributed by atoms with Crippen LogP contribution in [0.2, 0.25) is 0 Å². The van der Waals surface area contributed by atoms with E-state index in [9.17, 15) is 9.59 Å². The predicted octanol–water partition coefficient (Wildman–Crippen LogP) is 1.88. The number of para-hydroxylation sites is 2. The van der Waals surface area contributed by atoms with Crippen molar-refractivity contribution in [2.45, 2.75) is 26.5 Å². The first-order valence-corrected chi connectivity index (χ1v) is 8.17. The van der Waals surface area contributed by atoms with Crippen LogP contribution in [0.25, 0.3) is 0 Å². The number of benzene rings is 1. The van der Waals surface area contributed by atoms with E-state index in [1.807, 2.05) is 24.4 Å². The van der Waals surface area contributed by atoms with Gasteiger partial charge in [-0.05, 0) is 26.0 Å². The van der Waals surface area contributed by atoms with Crippen molar-refractivity contribution in [2.75, 3.05) is 11.4 Å². The van der Waals surface area contributed by atoms with E-state index in [0.717, 1.165) is 10.7 Å². The third kappa shape index (κ3) is 3.34. The fourth-order valence-corrected chi connectivity index (χ4v) is 3.09. The second-order valence-corrected chi connectivity index (χ2v) is 6.25. The number of amides is 2. The molecule has 0 spiro atoms. The van der Waals surface area contributed by atoms with Crippen LogP contribution in [0.5, 0.6) is 5.75 Å². The number of anilines is 1. The standard InChI is InChI=1S/C16H17N3O3S/c1-10-9-23-15(18-10)7-17-14(20)8-19-12-5-3-4-6-13(12)22-11(2)16(19)21/h3-6,9,11H,7-8H2,1-2H3,(H,17,20)/t11-/m0/s1. The Morgan fingerprint density at radius 1 is 1.43 bits per heavy atom. The van der Waals surface area contributed by atoms with Gasteiger partial charge in [0.25, 0.3) is 5.91 Å². The van der Waals surface area contributed by atoms with Crippen LogP contribution in [-0.2, 0) is 16.1 Å². The molecule has 0 fully saturated rings. The first-order valence-electron chi connectivity index (χ1n) is 7.29. The molecule has 1 aromatic heterocycles. The van der Waals surface area contributed by atoms with Crippen molar-refractivity contribution in [3.05, 3.63) is 40.3 Å². The highest BCUT2D eigenvalue weighted by atomic mass is 32.1. The van der Waals surface area contributed by atoms with Crippen LogP contribution in [0, 0.1) is 6.92 Å². The van der Waals surface area contributed by atoms with E-state index in [1.165, 1.54) is 16.2 Å². The van der Waals surface area contributed by atoms with E-state index in [2.05, 4.69) is 10.3 Å². The molecule has 1 aliphatic heterocycles. The SMILES string of the molecule is Cc1csc(CNC(=O)CN2C(=O)[C@H](C)Oc3ccccc32)n1. The van der Waals surface area contributed by atoms with E-state index in [4.69, 9.17) is 4.74 Å². The number of carbonyl (C=O) groups is 2. The number of rotatable bonds is 4. The van der Waals surface area contributed by atoms with Gasteiger partial charge >= 0.3 is 0 Å². The van der Waals surface area contributed by atoms with Gasteiger partial charge in [0, 0.05) is 11.1 Å². The number of aromatic nitrogens is 1. The van der Waals surface area contributed by atoms with E-state index in [0.29, 0.717) is 18.0 Å². The molecule has 0 saturated heterocycles. The van der Waals surface area contributed by atoms with Gasteiger partial charge in [0.2, 0.25) is 5.91 Å². The highest BCUT2D eigenvalue weighted by Crippen LogP contribution is 2.33. The molecule has 1 aliphatic rings. The van der Waals surface area contributed by atoms with E-state index in [-0.39, 0.29) is 18.4 Å². The molecular formula is C16H17N3O3S. The maximum atomic E-state index is 12.3. The third-order valence-electron chi connectivity index (χ3n) is 3.48. The number of aryl methyl sites for hydroxylation is 1. The summed E-state index contributed by atoms with van der Waals surface area (Å²) in [6.45, 7) is 3.93. The Kier molecular flexibility index (Phi) is 4.29. The number of carbonyl (C=O) groups excluding carboxylic acids is 2. The summed E-state index contributed by atoms with van der Waals surface area (Å²) in [7, 11) is 0. The van der Waals surface area contributed by atoms with Gasteiger partial charge in [-0.2, -0.15) is 0 Å². The van der Waals surface area contributed by atoms with Gasteiger partial charge in [-0.15, -0.1) is 11.3 Å². The van der Waals surface area contributed by atoms with Crippen LogP contribution >= 0.6 is 11.3 Å². The normalized spacial score (nSPS) is 16.7. The summed E-state index contributed by atoms with van der Waals surface area (Å²) in [5.74, 6) is 0.169. The summed E-state index contributed by atoms with van der Waals surface area (Å²) in [4.78, 5) is 30.3. The Balaban J connectivity index is 1.68. The van der Waals surface area contributed by atoms with Crippen LogP contribution in [0.3, 0.4) is 0 Å². The molecule has 6 nitrogen and oxygen atoms in total. The molecule has 0 radical (unpaired) electrons. The summed E-state index contributed by atoms with van der Waals surface area (Å²) < 4.78 is 5.56. The van der Waals surface area contributed by atoms with E-state index < -0.39 is 6.10 Å². The fraction of sp³-hybridized carbons (Fsp3) is 0.312. The van der Waals surface area contributed by atoms with Gasteiger partial charge in [-0.1, -0.05) is 12.1 Å². The molecule has 2 amide bonds. The number of nitrogens with one attached hydrogen (secondary N) is 1. The number of ether oxygens (including phenoxy) is 1. The van der Waals surface area contributed by atoms with Crippen molar-refractivity contribution in [1.82, 2.24) is 10.3 Å². The molecule has 1 atom stereocenters. The molecule has 3 rings (SSSR count). The van der Waals surface area contributed by atoms with Crippen molar-refractivity contribution in [3.8, 4) is 5.75 Å². The van der Waals surface area contributed by atoms with E-state index >= 15 is 0 Å². The Morgan fingerprint density at radius 2 is 2.22 bits per heavy atom. The van der Waals surface area contributed by atoms with Gasteiger partial charge in [0.1, 0.15) is 17.3 Å². The van der Waals surface area contributed by atoms with Crippen molar-refractivity contribution in [2.24, 2.45) is 0 Å². The number of nitrogens with zero attached hydrogens (tertiary/aromatic N) is 2. The molecule has 0 unspecified atom stereocenters.